The molecule has 0 spiro atoms. The maximum Gasteiger partial charge on any atom is 0.435 e. The van der Waals surface area contributed by atoms with Crippen molar-refractivity contribution in [1.82, 2.24) is 15.1 Å². The van der Waals surface area contributed by atoms with Gasteiger partial charge in [-0.05, 0) is 36.6 Å². The summed E-state index contributed by atoms with van der Waals surface area (Å²) in [6.45, 7) is 1.99. The number of hydrogen-bond donors (Lipinski definition) is 2. The second kappa shape index (κ2) is 9.11. The lowest BCUT2D eigenvalue weighted by Gasteiger charge is -2.30. The van der Waals surface area contributed by atoms with Gasteiger partial charge < -0.3 is 10.6 Å². The van der Waals surface area contributed by atoms with Crippen LogP contribution in [0.4, 0.5) is 19.0 Å². The summed E-state index contributed by atoms with van der Waals surface area (Å²) in [7, 11) is 0. The van der Waals surface area contributed by atoms with Crippen LogP contribution in [-0.2, 0) is 17.4 Å². The van der Waals surface area contributed by atoms with Crippen LogP contribution in [0, 0.1) is 0 Å². The first kappa shape index (κ1) is 23.2. The molecular formula is C23H19Cl2F3N4O. The lowest BCUT2D eigenvalue weighted by atomic mass is 9.94. The number of anilines is 1. The zero-order valence-corrected chi connectivity index (χ0v) is 18.9. The Morgan fingerprint density at radius 2 is 1.85 bits per heavy atom. The van der Waals surface area contributed by atoms with Gasteiger partial charge in [-0.15, -0.1) is 0 Å². The van der Waals surface area contributed by atoms with E-state index in [9.17, 15) is 18.0 Å². The number of alkyl halides is 3. The fourth-order valence-corrected chi connectivity index (χ4v) is 4.06. The highest BCUT2D eigenvalue weighted by Gasteiger charge is 2.39. The predicted molar refractivity (Wildman–Crippen MR) is 121 cm³/mol. The molecule has 1 unspecified atom stereocenters. The molecular weight excluding hydrogens is 476 g/mol. The third kappa shape index (κ3) is 4.86. The summed E-state index contributed by atoms with van der Waals surface area (Å²) in [5.41, 5.74) is 1.13. The van der Waals surface area contributed by atoms with Crippen LogP contribution >= 0.6 is 23.2 Å². The van der Waals surface area contributed by atoms with Crippen LogP contribution in [-0.4, -0.2) is 22.2 Å². The molecule has 1 aromatic heterocycles. The van der Waals surface area contributed by atoms with E-state index in [0.29, 0.717) is 29.2 Å². The highest BCUT2D eigenvalue weighted by molar-refractivity contribution is 6.42. The Labute approximate surface area is 198 Å². The van der Waals surface area contributed by atoms with Gasteiger partial charge in [0.05, 0.1) is 15.6 Å². The van der Waals surface area contributed by atoms with Crippen molar-refractivity contribution >= 4 is 34.9 Å². The number of benzene rings is 2. The largest absolute Gasteiger partial charge is 0.435 e. The molecule has 0 saturated carbocycles. The zero-order valence-electron chi connectivity index (χ0n) is 17.4. The number of allylic oxidation sites excluding steroid dienone is 1. The van der Waals surface area contributed by atoms with Crippen LogP contribution in [0.1, 0.15) is 29.8 Å². The number of aromatic nitrogens is 2. The van der Waals surface area contributed by atoms with Crippen molar-refractivity contribution in [2.24, 2.45) is 0 Å². The minimum atomic E-state index is -4.64. The van der Waals surface area contributed by atoms with Crippen molar-refractivity contribution in [3.05, 3.63) is 92.7 Å². The van der Waals surface area contributed by atoms with Crippen molar-refractivity contribution in [3.63, 3.8) is 0 Å². The second-order valence-electron chi connectivity index (χ2n) is 7.59. The summed E-state index contributed by atoms with van der Waals surface area (Å²) >= 11 is 12.2. The minimum Gasteiger partial charge on any atom is -0.352 e. The van der Waals surface area contributed by atoms with Crippen molar-refractivity contribution in [2.45, 2.75) is 25.6 Å². The number of nitrogens with zero attached hydrogens (tertiary/aromatic N) is 2. The van der Waals surface area contributed by atoms with Gasteiger partial charge in [-0.1, -0.05) is 59.6 Å². The second-order valence-corrected chi connectivity index (χ2v) is 8.40. The van der Waals surface area contributed by atoms with Crippen molar-refractivity contribution < 1.29 is 18.0 Å². The van der Waals surface area contributed by atoms with Gasteiger partial charge in [0.2, 0.25) is 0 Å². The number of halogens is 5. The molecule has 1 atom stereocenters. The number of carbonyl (C=O) groups excluding carboxylic acids is 1. The number of rotatable bonds is 5. The van der Waals surface area contributed by atoms with Gasteiger partial charge in [0.15, 0.2) is 5.69 Å². The number of amides is 1. The summed E-state index contributed by atoms with van der Waals surface area (Å²) in [6, 6.07) is 14.3. The van der Waals surface area contributed by atoms with Gasteiger partial charge in [0.1, 0.15) is 11.9 Å². The van der Waals surface area contributed by atoms with E-state index in [0.717, 1.165) is 16.3 Å². The molecule has 0 bridgehead atoms. The van der Waals surface area contributed by atoms with E-state index >= 15 is 0 Å². The standard InChI is InChI=1S/C23H19Cl2F3N4O/c1-13-20(22(33)29-10-9-14-5-3-2-4-6-14)21(15-7-8-16(24)17(25)11-15)32-19(30-13)12-18(31-32)23(26,27)28/h2-8,11-12,21,30H,9-10H2,1H3,(H,29,33). The molecule has 5 nitrogen and oxygen atoms in total. The van der Waals surface area contributed by atoms with Crippen molar-refractivity contribution in [3.8, 4) is 0 Å². The lowest BCUT2D eigenvalue weighted by Crippen LogP contribution is -2.35. The molecule has 0 saturated heterocycles. The SMILES string of the molecule is CC1=C(C(=O)NCCc2ccccc2)C(c2ccc(Cl)c(Cl)c2)n2nc(C(F)(F)F)cc2N1. The summed E-state index contributed by atoms with van der Waals surface area (Å²) < 4.78 is 41.3. The molecule has 10 heteroatoms. The van der Waals surface area contributed by atoms with Gasteiger partial charge >= 0.3 is 6.18 Å². The molecule has 0 fully saturated rings. The number of nitrogens with one attached hydrogen (secondary N) is 2. The topological polar surface area (TPSA) is 59.0 Å². The molecule has 1 amide bonds. The van der Waals surface area contributed by atoms with Gasteiger partial charge in [-0.2, -0.15) is 18.3 Å². The van der Waals surface area contributed by atoms with Gasteiger partial charge in [0.25, 0.3) is 5.91 Å². The quantitative estimate of drug-likeness (QED) is 0.467. The van der Waals surface area contributed by atoms with Crippen LogP contribution in [0.15, 0.2) is 65.9 Å². The van der Waals surface area contributed by atoms with Crippen LogP contribution in [0.2, 0.25) is 10.0 Å². The van der Waals surface area contributed by atoms with E-state index in [1.54, 1.807) is 13.0 Å². The van der Waals surface area contributed by atoms with E-state index in [4.69, 9.17) is 23.2 Å². The molecule has 172 valence electrons. The smallest absolute Gasteiger partial charge is 0.352 e. The van der Waals surface area contributed by atoms with Crippen molar-refractivity contribution in [2.75, 3.05) is 11.9 Å². The molecule has 4 rings (SSSR count). The van der Waals surface area contributed by atoms with E-state index in [-0.39, 0.29) is 16.4 Å². The fourth-order valence-electron chi connectivity index (χ4n) is 3.76. The average Bonchev–Trinajstić information content (AvgIpc) is 3.19. The van der Waals surface area contributed by atoms with Gasteiger partial charge in [0, 0.05) is 18.3 Å². The van der Waals surface area contributed by atoms with E-state index in [1.165, 1.54) is 12.1 Å². The zero-order chi connectivity index (χ0) is 23.8. The summed E-state index contributed by atoms with van der Waals surface area (Å²) in [5, 5.41) is 10.0. The third-order valence-electron chi connectivity index (χ3n) is 5.31. The first-order valence-electron chi connectivity index (χ1n) is 10.1. The first-order valence-corrected chi connectivity index (χ1v) is 10.8. The molecule has 0 radical (unpaired) electrons. The average molecular weight is 495 g/mol. The maximum atomic E-state index is 13.4. The molecule has 2 heterocycles. The molecule has 1 aliphatic heterocycles. The molecule has 2 N–H and O–H groups in total. The Kier molecular flexibility index (Phi) is 6.41. The minimum absolute atomic E-state index is 0.122. The van der Waals surface area contributed by atoms with E-state index in [2.05, 4.69) is 15.7 Å². The maximum absolute atomic E-state index is 13.4. The monoisotopic (exact) mass is 494 g/mol. The van der Waals surface area contributed by atoms with Gasteiger partial charge in [-0.25, -0.2) is 4.68 Å². The summed E-state index contributed by atoms with van der Waals surface area (Å²) in [4.78, 5) is 13.2. The van der Waals surface area contributed by atoms with E-state index < -0.39 is 23.8 Å². The Morgan fingerprint density at radius 3 is 2.52 bits per heavy atom. The normalized spacial score (nSPS) is 15.8. The number of fused-ring (bicyclic) bond motifs is 1. The molecule has 3 aromatic rings. The van der Waals surface area contributed by atoms with Gasteiger partial charge in [-0.3, -0.25) is 4.79 Å². The molecule has 0 aliphatic carbocycles. The van der Waals surface area contributed by atoms with E-state index in [1.807, 2.05) is 30.3 Å². The van der Waals surface area contributed by atoms with Crippen molar-refractivity contribution in [1.29, 1.82) is 0 Å². The molecule has 33 heavy (non-hydrogen) atoms. The predicted octanol–water partition coefficient (Wildman–Crippen LogP) is 5.86. The first-order chi connectivity index (χ1) is 15.6. The van der Waals surface area contributed by atoms with Crippen LogP contribution in [0.5, 0.6) is 0 Å². The summed E-state index contributed by atoms with van der Waals surface area (Å²) in [5.74, 6) is -0.293. The molecule has 2 aromatic carbocycles. The highest BCUT2D eigenvalue weighted by atomic mass is 35.5. The Balaban J connectivity index is 1.69. The number of hydrogen-bond acceptors (Lipinski definition) is 3. The fraction of sp³-hybridized carbons (Fsp3) is 0.217. The summed E-state index contributed by atoms with van der Waals surface area (Å²) in [6.07, 6.45) is -4.03. The lowest BCUT2D eigenvalue weighted by molar-refractivity contribution is -0.141. The van der Waals surface area contributed by atoms with Crippen LogP contribution in [0.3, 0.4) is 0 Å². The van der Waals surface area contributed by atoms with Crippen LogP contribution in [0.25, 0.3) is 0 Å². The van der Waals surface area contributed by atoms with Crippen LogP contribution < -0.4 is 10.6 Å². The Morgan fingerprint density at radius 1 is 1.12 bits per heavy atom. The Bertz CT molecular complexity index is 1220. The number of carbonyl (C=O) groups is 1. The third-order valence-corrected chi connectivity index (χ3v) is 6.05. The molecule has 1 aliphatic rings. The Hall–Kier alpha value is -2.97. The highest BCUT2D eigenvalue weighted by Crippen LogP contribution is 2.40.